The topological polar surface area (TPSA) is 52.6 Å². The van der Waals surface area contributed by atoms with Gasteiger partial charge in [0, 0.05) is 0 Å². The Morgan fingerprint density at radius 2 is 1.87 bits per heavy atom. The number of hydrogen-bond donors (Lipinski definition) is 0. The fourth-order valence-corrected chi connectivity index (χ4v) is 2.92. The van der Waals surface area contributed by atoms with Crippen molar-refractivity contribution in [1.29, 1.82) is 0 Å². The number of esters is 2. The molecular weight excluding hydrogens is 292 g/mol. The van der Waals surface area contributed by atoms with Gasteiger partial charge in [-0.15, -0.1) is 6.58 Å². The highest BCUT2D eigenvalue weighted by molar-refractivity contribution is 5.82. The first-order chi connectivity index (χ1) is 11.0. The molecule has 0 saturated heterocycles. The highest BCUT2D eigenvalue weighted by Gasteiger charge is 2.37. The van der Waals surface area contributed by atoms with Crippen LogP contribution in [0.5, 0.6) is 0 Å². The van der Waals surface area contributed by atoms with Gasteiger partial charge in [0.25, 0.3) is 0 Å². The lowest BCUT2D eigenvalue weighted by Gasteiger charge is -2.27. The molecule has 0 fully saturated rings. The van der Waals surface area contributed by atoms with Crippen molar-refractivity contribution in [3.8, 4) is 0 Å². The molecule has 0 saturated carbocycles. The lowest BCUT2D eigenvalue weighted by Crippen LogP contribution is -2.33. The lowest BCUT2D eigenvalue weighted by atomic mass is 9.78. The Morgan fingerprint density at radius 1 is 1.22 bits per heavy atom. The molecule has 1 aliphatic carbocycles. The molecule has 0 spiro atoms. The van der Waals surface area contributed by atoms with Crippen molar-refractivity contribution >= 4 is 11.9 Å². The van der Waals surface area contributed by atoms with E-state index in [-0.39, 0.29) is 11.9 Å². The first kappa shape index (κ1) is 19.2. The summed E-state index contributed by atoms with van der Waals surface area (Å²) in [5, 5.41) is 0. The van der Waals surface area contributed by atoms with Crippen LogP contribution in [0.1, 0.15) is 45.4 Å². The molecule has 0 radical (unpaired) electrons. The quantitative estimate of drug-likeness (QED) is 0.501. The van der Waals surface area contributed by atoms with Crippen molar-refractivity contribution in [3.05, 3.63) is 36.0 Å². The fraction of sp³-hybridized carbons (Fsp3) is 0.579. The first-order valence-corrected chi connectivity index (χ1v) is 8.13. The molecule has 0 aliphatic heterocycles. The van der Waals surface area contributed by atoms with Crippen LogP contribution < -0.4 is 0 Å². The van der Waals surface area contributed by atoms with E-state index in [9.17, 15) is 9.59 Å². The van der Waals surface area contributed by atoms with Gasteiger partial charge in [-0.25, -0.2) is 0 Å². The van der Waals surface area contributed by atoms with Gasteiger partial charge in [-0.2, -0.15) is 0 Å². The second kappa shape index (κ2) is 10.0. The minimum absolute atomic E-state index is 0.330. The molecule has 1 rings (SSSR count). The van der Waals surface area contributed by atoms with Gasteiger partial charge in [-0.05, 0) is 45.4 Å². The Kier molecular flexibility index (Phi) is 8.38. The molecule has 0 heterocycles. The van der Waals surface area contributed by atoms with E-state index in [0.717, 1.165) is 25.7 Å². The maximum atomic E-state index is 12.0. The fourth-order valence-electron chi connectivity index (χ4n) is 2.92. The Bertz CT molecular complexity index is 488. The van der Waals surface area contributed by atoms with Gasteiger partial charge in [0.1, 0.15) is 0 Å². The Balaban J connectivity index is 2.64. The van der Waals surface area contributed by atoms with Crippen molar-refractivity contribution in [3.63, 3.8) is 0 Å². The summed E-state index contributed by atoms with van der Waals surface area (Å²) in [6.07, 6.45) is 11.3. The molecule has 128 valence electrons. The predicted molar refractivity (Wildman–Crippen MR) is 90.8 cm³/mol. The number of carbonyl (C=O) groups excluding carboxylic acids is 2. The van der Waals surface area contributed by atoms with E-state index in [1.165, 1.54) is 25.4 Å². The van der Waals surface area contributed by atoms with Crippen LogP contribution in [0, 0.1) is 11.8 Å². The SMILES string of the molecule is C=CCCC(C)=CCCC1=CCC(C(=O)OC)C(C(=O)OC)C1. The largest absolute Gasteiger partial charge is 0.469 e. The molecule has 1 aliphatic rings. The maximum Gasteiger partial charge on any atom is 0.309 e. The van der Waals surface area contributed by atoms with Crippen LogP contribution in [-0.2, 0) is 19.1 Å². The minimum atomic E-state index is -0.432. The van der Waals surface area contributed by atoms with Crippen molar-refractivity contribution < 1.29 is 19.1 Å². The second-order valence-electron chi connectivity index (χ2n) is 5.98. The van der Waals surface area contributed by atoms with Crippen LogP contribution in [0.2, 0.25) is 0 Å². The van der Waals surface area contributed by atoms with Crippen LogP contribution in [0.3, 0.4) is 0 Å². The van der Waals surface area contributed by atoms with Crippen LogP contribution in [-0.4, -0.2) is 26.2 Å². The monoisotopic (exact) mass is 320 g/mol. The molecule has 0 N–H and O–H groups in total. The molecule has 4 nitrogen and oxygen atoms in total. The van der Waals surface area contributed by atoms with Crippen LogP contribution >= 0.6 is 0 Å². The third-order valence-electron chi connectivity index (χ3n) is 4.34. The van der Waals surface area contributed by atoms with Crippen LogP contribution in [0.15, 0.2) is 36.0 Å². The summed E-state index contributed by atoms with van der Waals surface area (Å²) in [4.78, 5) is 23.8. The lowest BCUT2D eigenvalue weighted by molar-refractivity contribution is -0.157. The molecule has 0 aromatic carbocycles. The smallest absolute Gasteiger partial charge is 0.309 e. The maximum absolute atomic E-state index is 12.0. The van der Waals surface area contributed by atoms with E-state index >= 15 is 0 Å². The highest BCUT2D eigenvalue weighted by Crippen LogP contribution is 2.33. The van der Waals surface area contributed by atoms with E-state index in [2.05, 4.69) is 25.7 Å². The van der Waals surface area contributed by atoms with Gasteiger partial charge in [-0.3, -0.25) is 9.59 Å². The zero-order valence-electron chi connectivity index (χ0n) is 14.5. The number of carbonyl (C=O) groups is 2. The van der Waals surface area contributed by atoms with Crippen LogP contribution in [0.25, 0.3) is 0 Å². The third kappa shape index (κ3) is 6.05. The summed E-state index contributed by atoms with van der Waals surface area (Å²) < 4.78 is 9.66. The summed E-state index contributed by atoms with van der Waals surface area (Å²) in [6.45, 7) is 5.86. The summed E-state index contributed by atoms with van der Waals surface area (Å²) in [5.41, 5.74) is 2.58. The van der Waals surface area contributed by atoms with Crippen molar-refractivity contribution in [1.82, 2.24) is 0 Å². The number of hydrogen-bond acceptors (Lipinski definition) is 4. The van der Waals surface area contributed by atoms with E-state index in [1.807, 2.05) is 6.08 Å². The highest BCUT2D eigenvalue weighted by atomic mass is 16.5. The van der Waals surface area contributed by atoms with Gasteiger partial charge < -0.3 is 9.47 Å². The third-order valence-corrected chi connectivity index (χ3v) is 4.34. The standard InChI is InChI=1S/C19H28O4/c1-5-6-8-14(2)9-7-10-15-11-12-16(18(20)22-3)17(13-15)19(21)23-4/h5,9,11,16-17H,1,6-8,10,12-13H2,2-4H3. The molecule has 2 unspecified atom stereocenters. The van der Waals surface area contributed by atoms with Gasteiger partial charge in [0.2, 0.25) is 0 Å². The first-order valence-electron chi connectivity index (χ1n) is 8.13. The number of methoxy groups -OCH3 is 2. The predicted octanol–water partition coefficient (Wildman–Crippen LogP) is 3.98. The molecule has 2 atom stereocenters. The molecule has 0 aromatic rings. The zero-order chi connectivity index (χ0) is 17.2. The van der Waals surface area contributed by atoms with Gasteiger partial charge >= 0.3 is 11.9 Å². The minimum Gasteiger partial charge on any atom is -0.469 e. The summed E-state index contributed by atoms with van der Waals surface area (Å²) >= 11 is 0. The molecule has 0 amide bonds. The van der Waals surface area contributed by atoms with Crippen molar-refractivity contribution in [2.45, 2.75) is 45.4 Å². The van der Waals surface area contributed by atoms with E-state index in [0.29, 0.717) is 12.8 Å². The number of ether oxygens (including phenoxy) is 2. The number of allylic oxidation sites excluding steroid dienone is 5. The normalized spacial score (nSPS) is 21.3. The molecule has 4 heteroatoms. The molecule has 0 aromatic heterocycles. The van der Waals surface area contributed by atoms with Crippen molar-refractivity contribution in [2.24, 2.45) is 11.8 Å². The molecule has 0 bridgehead atoms. The Labute approximate surface area is 139 Å². The van der Waals surface area contributed by atoms with Crippen molar-refractivity contribution in [2.75, 3.05) is 14.2 Å². The summed E-state index contributed by atoms with van der Waals surface area (Å²) in [5.74, 6) is -1.53. The Morgan fingerprint density at radius 3 is 2.48 bits per heavy atom. The molecule has 23 heavy (non-hydrogen) atoms. The van der Waals surface area contributed by atoms with Gasteiger partial charge in [-0.1, -0.05) is 29.4 Å². The molecular formula is C19H28O4. The second-order valence-corrected chi connectivity index (χ2v) is 5.98. The average Bonchev–Trinajstić information content (AvgIpc) is 2.58. The van der Waals surface area contributed by atoms with Gasteiger partial charge in [0.05, 0.1) is 26.1 Å². The average molecular weight is 320 g/mol. The zero-order valence-corrected chi connectivity index (χ0v) is 14.5. The van der Waals surface area contributed by atoms with E-state index < -0.39 is 11.8 Å². The van der Waals surface area contributed by atoms with E-state index in [4.69, 9.17) is 9.47 Å². The van der Waals surface area contributed by atoms with Crippen LogP contribution in [0.4, 0.5) is 0 Å². The van der Waals surface area contributed by atoms with E-state index in [1.54, 1.807) is 0 Å². The Hall–Kier alpha value is -1.84. The number of rotatable bonds is 8. The summed E-state index contributed by atoms with van der Waals surface area (Å²) in [7, 11) is 2.72. The summed E-state index contributed by atoms with van der Waals surface area (Å²) in [6, 6.07) is 0. The van der Waals surface area contributed by atoms with Gasteiger partial charge in [0.15, 0.2) is 0 Å².